The van der Waals surface area contributed by atoms with E-state index in [-0.39, 0.29) is 12.2 Å². The summed E-state index contributed by atoms with van der Waals surface area (Å²) in [5.41, 5.74) is 2.28. The summed E-state index contributed by atoms with van der Waals surface area (Å²) in [6.07, 6.45) is 2.01. The molecule has 1 unspecified atom stereocenters. The van der Waals surface area contributed by atoms with E-state index in [1.54, 1.807) is 6.92 Å². The van der Waals surface area contributed by atoms with Crippen molar-refractivity contribution in [1.29, 1.82) is 0 Å². The standard InChI is InChI=1S/C23H29NO3/c1-18(25)17-23(14-9-15-24(2)3,20-11-5-4-6-12-20)21-13-8-7-10-19(21)16-22(26)27/h4-8,10-13H,9,14-17H2,1-3H3,(H,26,27). The smallest absolute Gasteiger partial charge is 0.307 e. The molecule has 1 N–H and O–H groups in total. The first kappa shape index (κ1) is 20.8. The van der Waals surface area contributed by atoms with Crippen molar-refractivity contribution in [3.05, 3.63) is 71.3 Å². The Morgan fingerprint density at radius 3 is 2.22 bits per heavy atom. The van der Waals surface area contributed by atoms with E-state index in [0.29, 0.717) is 6.42 Å². The zero-order chi connectivity index (χ0) is 19.9. The van der Waals surface area contributed by atoms with Crippen molar-refractivity contribution in [2.75, 3.05) is 20.6 Å². The molecule has 2 aromatic rings. The number of Topliss-reactive ketones (excluding diaryl/α,β-unsaturated/α-hetero) is 1. The summed E-state index contributed by atoms with van der Waals surface area (Å²) in [5.74, 6) is -0.755. The maximum Gasteiger partial charge on any atom is 0.307 e. The summed E-state index contributed by atoms with van der Waals surface area (Å²) >= 11 is 0. The Labute approximate surface area is 161 Å². The fourth-order valence-corrected chi connectivity index (χ4v) is 3.90. The normalized spacial score (nSPS) is 13.3. The highest BCUT2D eigenvalue weighted by atomic mass is 16.4. The van der Waals surface area contributed by atoms with Gasteiger partial charge < -0.3 is 10.0 Å². The third-order valence-electron chi connectivity index (χ3n) is 4.96. The second kappa shape index (κ2) is 9.47. The second-order valence-corrected chi connectivity index (χ2v) is 7.46. The molecule has 1 atom stereocenters. The van der Waals surface area contributed by atoms with Crippen LogP contribution in [0.2, 0.25) is 0 Å². The minimum absolute atomic E-state index is 0.0453. The summed E-state index contributed by atoms with van der Waals surface area (Å²) in [7, 11) is 4.07. The minimum atomic E-state index is -0.861. The molecular weight excluding hydrogens is 338 g/mol. The maximum absolute atomic E-state index is 12.3. The van der Waals surface area contributed by atoms with Crippen molar-refractivity contribution in [3.8, 4) is 0 Å². The molecule has 144 valence electrons. The fourth-order valence-electron chi connectivity index (χ4n) is 3.90. The molecule has 2 aromatic carbocycles. The summed E-state index contributed by atoms with van der Waals surface area (Å²) in [5, 5.41) is 9.38. The predicted octanol–water partition coefficient (Wildman–Crippen LogP) is 3.92. The van der Waals surface area contributed by atoms with E-state index in [2.05, 4.69) is 17.0 Å². The summed E-state index contributed by atoms with van der Waals surface area (Å²) in [6.45, 7) is 2.52. The molecule has 4 heteroatoms. The molecule has 0 fully saturated rings. The molecule has 0 amide bonds. The number of carboxylic acids is 1. The fraction of sp³-hybridized carbons (Fsp3) is 0.391. The number of carboxylic acid groups (broad SMARTS) is 1. The molecule has 0 radical (unpaired) electrons. The van der Waals surface area contributed by atoms with Gasteiger partial charge in [0.2, 0.25) is 0 Å². The van der Waals surface area contributed by atoms with Crippen LogP contribution in [-0.2, 0) is 21.4 Å². The monoisotopic (exact) mass is 367 g/mol. The molecule has 0 heterocycles. The first-order valence-electron chi connectivity index (χ1n) is 9.35. The average Bonchev–Trinajstić information content (AvgIpc) is 2.61. The van der Waals surface area contributed by atoms with Gasteiger partial charge in [0.15, 0.2) is 0 Å². The largest absolute Gasteiger partial charge is 0.481 e. The lowest BCUT2D eigenvalue weighted by molar-refractivity contribution is -0.136. The molecule has 0 aliphatic carbocycles. The number of hydrogen-bond acceptors (Lipinski definition) is 3. The van der Waals surface area contributed by atoms with Crippen LogP contribution in [0.1, 0.15) is 42.9 Å². The van der Waals surface area contributed by atoms with Crippen LogP contribution in [0.15, 0.2) is 54.6 Å². The third kappa shape index (κ3) is 5.51. The van der Waals surface area contributed by atoms with Crippen LogP contribution in [-0.4, -0.2) is 42.4 Å². The zero-order valence-corrected chi connectivity index (χ0v) is 16.4. The van der Waals surface area contributed by atoms with Crippen LogP contribution < -0.4 is 0 Å². The Hall–Kier alpha value is -2.46. The quantitative estimate of drug-likeness (QED) is 0.691. The Kier molecular flexibility index (Phi) is 7.31. The van der Waals surface area contributed by atoms with Crippen molar-refractivity contribution < 1.29 is 14.7 Å². The molecule has 2 rings (SSSR count). The van der Waals surface area contributed by atoms with Crippen molar-refractivity contribution in [2.24, 2.45) is 0 Å². The number of benzene rings is 2. The van der Waals surface area contributed by atoms with E-state index in [0.717, 1.165) is 36.1 Å². The number of carbonyl (C=O) groups is 2. The number of ketones is 1. The van der Waals surface area contributed by atoms with Crippen LogP contribution in [0.4, 0.5) is 0 Å². The predicted molar refractivity (Wildman–Crippen MR) is 108 cm³/mol. The molecule has 4 nitrogen and oxygen atoms in total. The second-order valence-electron chi connectivity index (χ2n) is 7.46. The lowest BCUT2D eigenvalue weighted by Crippen LogP contribution is -2.33. The van der Waals surface area contributed by atoms with Crippen molar-refractivity contribution >= 4 is 11.8 Å². The van der Waals surface area contributed by atoms with E-state index >= 15 is 0 Å². The van der Waals surface area contributed by atoms with Gasteiger partial charge in [0.25, 0.3) is 0 Å². The molecule has 0 saturated heterocycles. The van der Waals surface area contributed by atoms with Crippen LogP contribution in [0.5, 0.6) is 0 Å². The van der Waals surface area contributed by atoms with Gasteiger partial charge in [-0.2, -0.15) is 0 Å². The van der Waals surface area contributed by atoms with E-state index in [1.807, 2.05) is 56.6 Å². The van der Waals surface area contributed by atoms with E-state index in [1.165, 1.54) is 0 Å². The topological polar surface area (TPSA) is 57.6 Å². The van der Waals surface area contributed by atoms with Gasteiger partial charge in [-0.05, 0) is 57.1 Å². The van der Waals surface area contributed by atoms with Crippen LogP contribution in [0.25, 0.3) is 0 Å². The highest BCUT2D eigenvalue weighted by Gasteiger charge is 2.37. The van der Waals surface area contributed by atoms with Crippen LogP contribution >= 0.6 is 0 Å². The lowest BCUT2D eigenvalue weighted by atomic mass is 9.66. The summed E-state index contributed by atoms with van der Waals surface area (Å²) in [6, 6.07) is 17.7. The average molecular weight is 367 g/mol. The molecule has 0 bridgehead atoms. The Bertz CT molecular complexity index is 770. The molecular formula is C23H29NO3. The Morgan fingerprint density at radius 2 is 1.63 bits per heavy atom. The van der Waals surface area contributed by atoms with Gasteiger partial charge >= 0.3 is 5.97 Å². The molecule has 0 aromatic heterocycles. The van der Waals surface area contributed by atoms with Crippen molar-refractivity contribution in [3.63, 3.8) is 0 Å². The highest BCUT2D eigenvalue weighted by Crippen LogP contribution is 2.42. The summed E-state index contributed by atoms with van der Waals surface area (Å²) in [4.78, 5) is 25.9. The minimum Gasteiger partial charge on any atom is -0.481 e. The summed E-state index contributed by atoms with van der Waals surface area (Å²) < 4.78 is 0. The van der Waals surface area contributed by atoms with Gasteiger partial charge in [-0.3, -0.25) is 9.59 Å². The van der Waals surface area contributed by atoms with Gasteiger partial charge in [0.1, 0.15) is 5.78 Å². The number of nitrogens with zero attached hydrogens (tertiary/aromatic N) is 1. The first-order chi connectivity index (χ1) is 12.8. The van der Waals surface area contributed by atoms with Crippen molar-refractivity contribution in [2.45, 2.75) is 38.0 Å². The van der Waals surface area contributed by atoms with Crippen LogP contribution in [0.3, 0.4) is 0 Å². The number of hydrogen-bond donors (Lipinski definition) is 1. The first-order valence-corrected chi connectivity index (χ1v) is 9.35. The SMILES string of the molecule is CC(=O)CC(CCCN(C)C)(c1ccccc1)c1ccccc1CC(=O)O. The highest BCUT2D eigenvalue weighted by molar-refractivity contribution is 5.79. The van der Waals surface area contributed by atoms with Gasteiger partial charge in [-0.15, -0.1) is 0 Å². The Balaban J connectivity index is 2.63. The maximum atomic E-state index is 12.3. The number of carbonyl (C=O) groups excluding carboxylic acids is 1. The lowest BCUT2D eigenvalue weighted by Gasteiger charge is -2.36. The van der Waals surface area contributed by atoms with E-state index in [9.17, 15) is 14.7 Å². The number of aliphatic carboxylic acids is 1. The molecule has 0 aliphatic heterocycles. The van der Waals surface area contributed by atoms with Gasteiger partial charge in [-0.25, -0.2) is 0 Å². The van der Waals surface area contributed by atoms with E-state index < -0.39 is 11.4 Å². The zero-order valence-electron chi connectivity index (χ0n) is 16.4. The number of rotatable bonds is 10. The molecule has 0 aliphatic rings. The molecule has 0 spiro atoms. The van der Waals surface area contributed by atoms with E-state index in [4.69, 9.17) is 0 Å². The molecule has 0 saturated carbocycles. The van der Waals surface area contributed by atoms with Gasteiger partial charge in [-0.1, -0.05) is 54.6 Å². The van der Waals surface area contributed by atoms with Crippen LogP contribution in [0, 0.1) is 0 Å². The van der Waals surface area contributed by atoms with Crippen molar-refractivity contribution in [1.82, 2.24) is 4.90 Å². The van der Waals surface area contributed by atoms with Gasteiger partial charge in [0, 0.05) is 11.8 Å². The van der Waals surface area contributed by atoms with Gasteiger partial charge in [0.05, 0.1) is 6.42 Å². The molecule has 27 heavy (non-hydrogen) atoms. The third-order valence-corrected chi connectivity index (χ3v) is 4.96. The Morgan fingerprint density at radius 1 is 1.00 bits per heavy atom.